The summed E-state index contributed by atoms with van der Waals surface area (Å²) in [5.74, 6) is 0.700. The number of hydrogen-bond acceptors (Lipinski definition) is 6. The number of thioether (sulfide) groups is 1. The smallest absolute Gasteiger partial charge is 0.240 e. The molecule has 0 saturated carbocycles. The first-order valence-corrected chi connectivity index (χ1v) is 10.5. The van der Waals surface area contributed by atoms with Crippen LogP contribution in [0.3, 0.4) is 0 Å². The van der Waals surface area contributed by atoms with E-state index in [0.717, 1.165) is 11.4 Å². The minimum absolute atomic E-state index is 0.247. The molecule has 0 fully saturated rings. The fourth-order valence-electron chi connectivity index (χ4n) is 3.20. The highest BCUT2D eigenvalue weighted by atomic mass is 35.5. The zero-order valence-corrected chi connectivity index (χ0v) is 17.8. The third kappa shape index (κ3) is 3.95. The molecular weight excluding hydrogens is 429 g/mol. The molecule has 2 N–H and O–H groups in total. The van der Waals surface area contributed by atoms with E-state index in [1.807, 2.05) is 13.0 Å². The minimum Gasteiger partial charge on any atom is -0.495 e. The van der Waals surface area contributed by atoms with E-state index in [1.165, 1.54) is 36.0 Å². The van der Waals surface area contributed by atoms with Gasteiger partial charge in [0.2, 0.25) is 11.1 Å². The number of aryl methyl sites for hydroxylation is 1. The first-order valence-electron chi connectivity index (χ1n) is 9.27. The van der Waals surface area contributed by atoms with Gasteiger partial charge in [0.1, 0.15) is 16.8 Å². The number of methoxy groups -OCH3 is 1. The lowest BCUT2D eigenvalue weighted by Gasteiger charge is -2.33. The SMILES string of the molecule is CCc1nnc2n1NC(c1ccc(OC)c(Cl)c1)C(C(=O)Nc1ccc(F)cc1)S2. The average molecular weight is 448 g/mol. The van der Waals surface area contributed by atoms with Gasteiger partial charge in [-0.1, -0.05) is 36.4 Å². The topological polar surface area (TPSA) is 81.1 Å². The maximum atomic E-state index is 13.2. The summed E-state index contributed by atoms with van der Waals surface area (Å²) in [6.45, 7) is 1.98. The highest BCUT2D eigenvalue weighted by molar-refractivity contribution is 8.00. The number of anilines is 1. The summed E-state index contributed by atoms with van der Waals surface area (Å²) in [6, 6.07) is 10.6. The van der Waals surface area contributed by atoms with Gasteiger partial charge in [0, 0.05) is 12.1 Å². The quantitative estimate of drug-likeness (QED) is 0.614. The van der Waals surface area contributed by atoms with E-state index in [9.17, 15) is 9.18 Å². The van der Waals surface area contributed by atoms with Gasteiger partial charge in [-0.15, -0.1) is 10.2 Å². The number of fused-ring (bicyclic) bond motifs is 1. The Morgan fingerprint density at radius 2 is 2.07 bits per heavy atom. The molecule has 2 unspecified atom stereocenters. The molecule has 0 bridgehead atoms. The summed E-state index contributed by atoms with van der Waals surface area (Å²) < 4.78 is 20.2. The van der Waals surface area contributed by atoms with Gasteiger partial charge < -0.3 is 15.5 Å². The maximum absolute atomic E-state index is 13.2. The van der Waals surface area contributed by atoms with Crippen LogP contribution in [0.2, 0.25) is 5.02 Å². The minimum atomic E-state index is -0.569. The van der Waals surface area contributed by atoms with Crippen molar-refractivity contribution in [1.82, 2.24) is 14.9 Å². The van der Waals surface area contributed by atoms with E-state index in [-0.39, 0.29) is 11.7 Å². The van der Waals surface area contributed by atoms with Crippen LogP contribution in [0.25, 0.3) is 0 Å². The summed E-state index contributed by atoms with van der Waals surface area (Å²) in [5, 5.41) is 11.7. The fraction of sp³-hybridized carbons (Fsp3) is 0.250. The fourth-order valence-corrected chi connectivity index (χ4v) is 4.57. The van der Waals surface area contributed by atoms with Crippen molar-refractivity contribution in [3.63, 3.8) is 0 Å². The number of amides is 1. The number of rotatable bonds is 5. The van der Waals surface area contributed by atoms with Crippen LogP contribution in [0.1, 0.15) is 24.4 Å². The maximum Gasteiger partial charge on any atom is 0.240 e. The van der Waals surface area contributed by atoms with Crippen LogP contribution >= 0.6 is 23.4 Å². The first-order chi connectivity index (χ1) is 14.5. The van der Waals surface area contributed by atoms with Gasteiger partial charge in [0.05, 0.1) is 18.2 Å². The molecule has 0 radical (unpaired) electrons. The summed E-state index contributed by atoms with van der Waals surface area (Å²) in [5.41, 5.74) is 4.68. The largest absolute Gasteiger partial charge is 0.495 e. The van der Waals surface area contributed by atoms with Crippen LogP contribution in [-0.2, 0) is 11.2 Å². The van der Waals surface area contributed by atoms with Crippen LogP contribution in [-0.4, -0.2) is 33.1 Å². The monoisotopic (exact) mass is 447 g/mol. The Labute approximate surface area is 181 Å². The summed E-state index contributed by atoms with van der Waals surface area (Å²) in [7, 11) is 1.55. The molecule has 1 amide bonds. The van der Waals surface area contributed by atoms with E-state index >= 15 is 0 Å². The predicted octanol–water partition coefficient (Wildman–Crippen LogP) is 4.04. The summed E-state index contributed by atoms with van der Waals surface area (Å²) in [4.78, 5) is 13.1. The molecule has 1 aliphatic heterocycles. The number of benzene rings is 2. The van der Waals surface area contributed by atoms with E-state index in [0.29, 0.717) is 28.0 Å². The number of carbonyl (C=O) groups excluding carboxylic acids is 1. The Morgan fingerprint density at radius 3 is 2.73 bits per heavy atom. The van der Waals surface area contributed by atoms with E-state index in [4.69, 9.17) is 16.3 Å². The number of hydrogen-bond donors (Lipinski definition) is 2. The van der Waals surface area contributed by atoms with Crippen LogP contribution in [0.5, 0.6) is 5.75 Å². The third-order valence-corrected chi connectivity index (χ3v) is 6.24. The second-order valence-corrected chi connectivity index (χ2v) is 8.14. The number of aromatic nitrogens is 3. The van der Waals surface area contributed by atoms with Gasteiger partial charge in [-0.3, -0.25) is 4.79 Å². The molecule has 2 atom stereocenters. The van der Waals surface area contributed by atoms with Crippen molar-refractivity contribution in [2.75, 3.05) is 17.9 Å². The van der Waals surface area contributed by atoms with Gasteiger partial charge in [-0.25, -0.2) is 9.07 Å². The molecular formula is C20H19ClFN5O2S. The molecule has 3 aromatic rings. The average Bonchev–Trinajstić information content (AvgIpc) is 3.16. The zero-order chi connectivity index (χ0) is 21.3. The molecule has 0 saturated heterocycles. The summed E-state index contributed by atoms with van der Waals surface area (Å²) >= 11 is 7.64. The van der Waals surface area contributed by atoms with Crippen LogP contribution in [0.4, 0.5) is 10.1 Å². The first kappa shape index (κ1) is 20.5. The lowest BCUT2D eigenvalue weighted by Crippen LogP contribution is -2.41. The number of halogens is 2. The molecule has 4 rings (SSSR count). The number of carbonyl (C=O) groups is 1. The lowest BCUT2D eigenvalue weighted by atomic mass is 10.0. The number of nitrogens with one attached hydrogen (secondary N) is 2. The van der Waals surface area contributed by atoms with Crippen molar-refractivity contribution >= 4 is 35.0 Å². The van der Waals surface area contributed by atoms with Gasteiger partial charge in [-0.05, 0) is 42.0 Å². The second kappa shape index (κ2) is 8.53. The zero-order valence-electron chi connectivity index (χ0n) is 16.2. The Morgan fingerprint density at radius 1 is 1.30 bits per heavy atom. The molecule has 2 aromatic carbocycles. The molecule has 2 heterocycles. The lowest BCUT2D eigenvalue weighted by molar-refractivity contribution is -0.116. The van der Waals surface area contributed by atoms with Crippen LogP contribution in [0.15, 0.2) is 47.6 Å². The van der Waals surface area contributed by atoms with Gasteiger partial charge >= 0.3 is 0 Å². The number of ether oxygens (including phenoxy) is 1. The van der Waals surface area contributed by atoms with Crippen molar-refractivity contribution < 1.29 is 13.9 Å². The van der Waals surface area contributed by atoms with Crippen molar-refractivity contribution in [3.05, 3.63) is 64.7 Å². The van der Waals surface area contributed by atoms with Gasteiger partial charge in [0.25, 0.3) is 0 Å². The van der Waals surface area contributed by atoms with E-state index < -0.39 is 11.3 Å². The Kier molecular flexibility index (Phi) is 5.83. The van der Waals surface area contributed by atoms with Crippen molar-refractivity contribution in [3.8, 4) is 5.75 Å². The normalized spacial score (nSPS) is 17.7. The van der Waals surface area contributed by atoms with Gasteiger partial charge in [0.15, 0.2) is 5.82 Å². The molecule has 1 aromatic heterocycles. The number of nitrogens with zero attached hydrogens (tertiary/aromatic N) is 3. The third-order valence-electron chi connectivity index (χ3n) is 4.73. The molecule has 30 heavy (non-hydrogen) atoms. The molecule has 156 valence electrons. The van der Waals surface area contributed by atoms with Crippen molar-refractivity contribution in [1.29, 1.82) is 0 Å². The van der Waals surface area contributed by atoms with Crippen molar-refractivity contribution in [2.24, 2.45) is 0 Å². The second-order valence-electron chi connectivity index (χ2n) is 6.62. The molecule has 10 heteroatoms. The molecule has 0 aliphatic carbocycles. The predicted molar refractivity (Wildman–Crippen MR) is 114 cm³/mol. The van der Waals surface area contributed by atoms with Gasteiger partial charge in [-0.2, -0.15) is 0 Å². The van der Waals surface area contributed by atoms with E-state index in [1.54, 1.807) is 23.9 Å². The highest BCUT2D eigenvalue weighted by Gasteiger charge is 2.38. The van der Waals surface area contributed by atoms with Crippen molar-refractivity contribution in [2.45, 2.75) is 29.8 Å². The Bertz CT molecular complexity index is 1080. The Hall–Kier alpha value is -2.78. The van der Waals surface area contributed by atoms with Crippen LogP contribution in [0, 0.1) is 5.82 Å². The summed E-state index contributed by atoms with van der Waals surface area (Å²) in [6.07, 6.45) is 0.684. The standard InChI is InChI=1S/C20H19ClFN5O2S/c1-3-16-24-25-20-27(16)26-17(11-4-9-15(29-2)14(21)10-11)18(30-20)19(28)23-13-7-5-12(22)6-8-13/h4-10,17-18,26H,3H2,1-2H3,(H,23,28). The molecule has 7 nitrogen and oxygen atoms in total. The molecule has 0 spiro atoms. The Balaban J connectivity index is 1.68. The van der Waals surface area contributed by atoms with Crippen LogP contribution < -0.4 is 15.5 Å². The molecule has 1 aliphatic rings. The highest BCUT2D eigenvalue weighted by Crippen LogP contribution is 2.39. The van der Waals surface area contributed by atoms with E-state index in [2.05, 4.69) is 20.9 Å².